The summed E-state index contributed by atoms with van der Waals surface area (Å²) in [6.07, 6.45) is 0. The van der Waals surface area contributed by atoms with Crippen molar-refractivity contribution in [3.8, 4) is 5.75 Å². The molecule has 100 valence electrons. The average molecular weight is 264 g/mol. The van der Waals surface area contributed by atoms with Gasteiger partial charge >= 0.3 is 0 Å². The van der Waals surface area contributed by atoms with Crippen LogP contribution >= 0.6 is 0 Å². The van der Waals surface area contributed by atoms with Crippen LogP contribution in [-0.2, 0) is 0 Å². The van der Waals surface area contributed by atoms with Crippen molar-refractivity contribution in [2.24, 2.45) is 0 Å². The lowest BCUT2D eigenvalue weighted by atomic mass is 10.2. The molecule has 0 unspecified atom stereocenters. The monoisotopic (exact) mass is 264 g/mol. The van der Waals surface area contributed by atoms with Crippen LogP contribution in [0.25, 0.3) is 0 Å². The van der Waals surface area contributed by atoms with Crippen LogP contribution in [0.4, 0.5) is 25.8 Å². The summed E-state index contributed by atoms with van der Waals surface area (Å²) >= 11 is 0. The maximum Gasteiger partial charge on any atom is 0.148 e. The van der Waals surface area contributed by atoms with Crippen molar-refractivity contribution >= 4 is 17.1 Å². The van der Waals surface area contributed by atoms with E-state index >= 15 is 0 Å². The van der Waals surface area contributed by atoms with Crippen molar-refractivity contribution in [2.75, 3.05) is 24.8 Å². The second-order valence-electron chi connectivity index (χ2n) is 4.08. The van der Waals surface area contributed by atoms with Crippen LogP contribution in [0.5, 0.6) is 5.75 Å². The fourth-order valence-electron chi connectivity index (χ4n) is 1.79. The first-order chi connectivity index (χ1) is 9.02. The summed E-state index contributed by atoms with van der Waals surface area (Å²) in [6.45, 7) is 0. The molecule has 0 spiro atoms. The molecule has 0 amide bonds. The maximum absolute atomic E-state index is 13.5. The molecule has 0 radical (unpaired) electrons. The van der Waals surface area contributed by atoms with Gasteiger partial charge in [0.2, 0.25) is 0 Å². The number of nitrogens with zero attached hydrogens (tertiary/aromatic N) is 1. The average Bonchev–Trinajstić information content (AvgIpc) is 2.41. The first-order valence-corrected chi connectivity index (χ1v) is 5.65. The molecule has 0 saturated carbocycles. The Kier molecular flexibility index (Phi) is 3.55. The Balaban J connectivity index is 2.45. The molecule has 0 aliphatic heterocycles. The third-order valence-electron chi connectivity index (χ3n) is 2.87. The van der Waals surface area contributed by atoms with Crippen molar-refractivity contribution in [3.05, 3.63) is 48.0 Å². The molecule has 0 aromatic heterocycles. The summed E-state index contributed by atoms with van der Waals surface area (Å²) < 4.78 is 32.0. The number of ether oxygens (including phenoxy) is 1. The number of nitrogens with two attached hydrogens (primary N) is 1. The summed E-state index contributed by atoms with van der Waals surface area (Å²) in [5.41, 5.74) is 6.56. The normalized spacial score (nSPS) is 10.3. The molecular weight excluding hydrogens is 250 g/mol. The van der Waals surface area contributed by atoms with Gasteiger partial charge in [-0.3, -0.25) is 0 Å². The number of methoxy groups -OCH3 is 1. The van der Waals surface area contributed by atoms with E-state index < -0.39 is 11.6 Å². The van der Waals surface area contributed by atoms with Gasteiger partial charge in [-0.2, -0.15) is 0 Å². The van der Waals surface area contributed by atoms with E-state index in [1.54, 1.807) is 18.0 Å². The smallest absolute Gasteiger partial charge is 0.148 e. The predicted molar refractivity (Wildman–Crippen MR) is 71.8 cm³/mol. The van der Waals surface area contributed by atoms with Crippen molar-refractivity contribution < 1.29 is 13.5 Å². The number of nitrogen functional groups attached to an aromatic ring is 1. The summed E-state index contributed by atoms with van der Waals surface area (Å²) in [5.74, 6) is -0.403. The number of hydrogen-bond acceptors (Lipinski definition) is 3. The number of rotatable bonds is 3. The lowest BCUT2D eigenvalue weighted by Crippen LogP contribution is -2.11. The Bertz CT molecular complexity index is 602. The summed E-state index contributed by atoms with van der Waals surface area (Å²) in [5, 5.41) is 0. The van der Waals surface area contributed by atoms with Gasteiger partial charge in [0.1, 0.15) is 17.4 Å². The van der Waals surface area contributed by atoms with Gasteiger partial charge in [0.05, 0.1) is 18.5 Å². The zero-order valence-corrected chi connectivity index (χ0v) is 10.7. The molecule has 2 aromatic carbocycles. The Labute approximate surface area is 110 Å². The molecule has 3 nitrogen and oxygen atoms in total. The molecule has 0 atom stereocenters. The van der Waals surface area contributed by atoms with Crippen LogP contribution in [0.3, 0.4) is 0 Å². The minimum atomic E-state index is -0.514. The quantitative estimate of drug-likeness (QED) is 0.864. The molecule has 19 heavy (non-hydrogen) atoms. The molecule has 0 aliphatic carbocycles. The Morgan fingerprint density at radius 2 is 1.84 bits per heavy atom. The van der Waals surface area contributed by atoms with Crippen molar-refractivity contribution in [3.63, 3.8) is 0 Å². The highest BCUT2D eigenvalue weighted by Crippen LogP contribution is 2.33. The molecule has 0 fully saturated rings. The van der Waals surface area contributed by atoms with Crippen LogP contribution in [-0.4, -0.2) is 14.2 Å². The lowest BCUT2D eigenvalue weighted by Gasteiger charge is -2.22. The first-order valence-electron chi connectivity index (χ1n) is 5.65. The first kappa shape index (κ1) is 13.1. The predicted octanol–water partition coefficient (Wildman–Crippen LogP) is 3.32. The zero-order valence-electron chi connectivity index (χ0n) is 10.7. The van der Waals surface area contributed by atoms with Gasteiger partial charge < -0.3 is 15.4 Å². The third-order valence-corrected chi connectivity index (χ3v) is 2.87. The van der Waals surface area contributed by atoms with Crippen LogP contribution in [0.1, 0.15) is 0 Å². The second kappa shape index (κ2) is 5.14. The van der Waals surface area contributed by atoms with Crippen molar-refractivity contribution in [1.82, 2.24) is 0 Å². The molecule has 2 aromatic rings. The van der Waals surface area contributed by atoms with Crippen LogP contribution in [0.15, 0.2) is 36.4 Å². The van der Waals surface area contributed by atoms with Crippen LogP contribution in [0.2, 0.25) is 0 Å². The minimum absolute atomic E-state index is 0.0726. The maximum atomic E-state index is 13.5. The second-order valence-corrected chi connectivity index (χ2v) is 4.08. The van der Waals surface area contributed by atoms with E-state index in [-0.39, 0.29) is 5.69 Å². The molecule has 0 heterocycles. The van der Waals surface area contributed by atoms with Gasteiger partial charge in [0, 0.05) is 18.8 Å². The Morgan fingerprint density at radius 3 is 2.47 bits per heavy atom. The highest BCUT2D eigenvalue weighted by atomic mass is 19.1. The number of benzene rings is 2. The summed E-state index contributed by atoms with van der Waals surface area (Å²) in [6, 6.07) is 8.57. The van der Waals surface area contributed by atoms with E-state index in [2.05, 4.69) is 0 Å². The third kappa shape index (κ3) is 2.59. The van der Waals surface area contributed by atoms with E-state index in [0.29, 0.717) is 17.1 Å². The standard InChI is InChI=1S/C14H14F2N2O/c1-18(10-4-5-12(17)11(16)8-10)13-7-9(15)3-6-14(13)19-2/h3-8H,17H2,1-2H3. The van der Waals surface area contributed by atoms with E-state index in [9.17, 15) is 8.78 Å². The molecule has 2 N–H and O–H groups in total. The SMILES string of the molecule is COc1ccc(F)cc1N(C)c1ccc(N)c(F)c1. The Hall–Kier alpha value is -2.30. The van der Waals surface area contributed by atoms with Crippen LogP contribution < -0.4 is 15.4 Å². The zero-order chi connectivity index (χ0) is 14.0. The van der Waals surface area contributed by atoms with Gasteiger partial charge in [-0.15, -0.1) is 0 Å². The minimum Gasteiger partial charge on any atom is -0.495 e. The Morgan fingerprint density at radius 1 is 1.11 bits per heavy atom. The van der Waals surface area contributed by atoms with E-state index in [1.165, 1.54) is 37.4 Å². The van der Waals surface area contributed by atoms with E-state index in [1.807, 2.05) is 0 Å². The van der Waals surface area contributed by atoms with Gasteiger partial charge in [0.25, 0.3) is 0 Å². The lowest BCUT2D eigenvalue weighted by molar-refractivity contribution is 0.414. The van der Waals surface area contributed by atoms with Gasteiger partial charge in [-0.1, -0.05) is 0 Å². The molecule has 0 bridgehead atoms. The molecule has 0 saturated heterocycles. The fourth-order valence-corrected chi connectivity index (χ4v) is 1.79. The number of anilines is 3. The highest BCUT2D eigenvalue weighted by molar-refractivity contribution is 5.69. The molecule has 2 rings (SSSR count). The number of halogens is 2. The summed E-state index contributed by atoms with van der Waals surface area (Å²) in [4.78, 5) is 1.63. The summed E-state index contributed by atoms with van der Waals surface area (Å²) in [7, 11) is 3.19. The van der Waals surface area contributed by atoms with Crippen molar-refractivity contribution in [1.29, 1.82) is 0 Å². The van der Waals surface area contributed by atoms with Gasteiger partial charge in [-0.05, 0) is 30.3 Å². The van der Waals surface area contributed by atoms with E-state index in [4.69, 9.17) is 10.5 Å². The molecular formula is C14H14F2N2O. The number of hydrogen-bond donors (Lipinski definition) is 1. The largest absolute Gasteiger partial charge is 0.495 e. The molecule has 0 aliphatic rings. The van der Waals surface area contributed by atoms with Gasteiger partial charge in [0.15, 0.2) is 0 Å². The molecule has 5 heteroatoms. The van der Waals surface area contributed by atoms with Crippen LogP contribution in [0, 0.1) is 11.6 Å². The highest BCUT2D eigenvalue weighted by Gasteiger charge is 2.12. The fraction of sp³-hybridized carbons (Fsp3) is 0.143. The topological polar surface area (TPSA) is 38.5 Å². The van der Waals surface area contributed by atoms with E-state index in [0.717, 1.165) is 0 Å². The van der Waals surface area contributed by atoms with Gasteiger partial charge in [-0.25, -0.2) is 8.78 Å². The van der Waals surface area contributed by atoms with Crippen molar-refractivity contribution in [2.45, 2.75) is 0 Å².